The molecule has 3 rings (SSSR count). The van der Waals surface area contributed by atoms with Crippen LogP contribution in [0.15, 0.2) is 55.1 Å². The molecular formula is C21H21F3N6O2. The minimum absolute atomic E-state index is 0.0741. The summed E-state index contributed by atoms with van der Waals surface area (Å²) < 4.78 is 40.7. The molecular weight excluding hydrogens is 425 g/mol. The van der Waals surface area contributed by atoms with E-state index in [9.17, 15) is 22.8 Å². The summed E-state index contributed by atoms with van der Waals surface area (Å²) in [5.41, 5.74) is -0.0124. The van der Waals surface area contributed by atoms with Crippen LogP contribution in [0.1, 0.15) is 29.8 Å². The van der Waals surface area contributed by atoms with Gasteiger partial charge in [0, 0.05) is 11.7 Å². The smallest absolute Gasteiger partial charge is 0.376 e. The van der Waals surface area contributed by atoms with E-state index in [0.29, 0.717) is 11.3 Å². The van der Waals surface area contributed by atoms with Crippen molar-refractivity contribution < 1.29 is 22.8 Å². The van der Waals surface area contributed by atoms with E-state index in [1.807, 2.05) is 13.8 Å². The van der Waals surface area contributed by atoms with E-state index >= 15 is 0 Å². The minimum atomic E-state index is -4.58. The van der Waals surface area contributed by atoms with Crippen molar-refractivity contribution in [2.45, 2.75) is 26.1 Å². The van der Waals surface area contributed by atoms with Crippen molar-refractivity contribution in [3.8, 4) is 5.69 Å². The molecule has 0 radical (unpaired) electrons. The first-order valence-electron chi connectivity index (χ1n) is 9.65. The molecule has 8 nitrogen and oxygen atoms in total. The average Bonchev–Trinajstić information content (AvgIpc) is 3.26. The Morgan fingerprint density at radius 1 is 1.09 bits per heavy atom. The predicted octanol–water partition coefficient (Wildman–Crippen LogP) is 3.47. The first kappa shape index (κ1) is 22.8. The molecule has 2 aromatic carbocycles. The van der Waals surface area contributed by atoms with E-state index in [1.165, 1.54) is 23.4 Å². The van der Waals surface area contributed by atoms with Crippen molar-refractivity contribution in [3.63, 3.8) is 0 Å². The highest BCUT2D eigenvalue weighted by Crippen LogP contribution is 2.33. The van der Waals surface area contributed by atoms with Crippen LogP contribution in [0.2, 0.25) is 0 Å². The molecule has 0 atom stereocenters. The zero-order valence-corrected chi connectivity index (χ0v) is 17.3. The predicted molar refractivity (Wildman–Crippen MR) is 113 cm³/mol. The molecule has 1 aromatic heterocycles. The van der Waals surface area contributed by atoms with Gasteiger partial charge in [-0.2, -0.15) is 18.3 Å². The van der Waals surface area contributed by atoms with Crippen LogP contribution in [0.25, 0.3) is 5.69 Å². The highest BCUT2D eigenvalue weighted by Gasteiger charge is 2.31. The zero-order valence-electron chi connectivity index (χ0n) is 17.3. The Balaban J connectivity index is 1.78. The molecule has 3 N–H and O–H groups in total. The Bertz CT molecular complexity index is 1100. The number of carbonyl (C=O) groups is 2. The Morgan fingerprint density at radius 2 is 1.84 bits per heavy atom. The Morgan fingerprint density at radius 3 is 2.50 bits per heavy atom. The van der Waals surface area contributed by atoms with Crippen molar-refractivity contribution in [3.05, 3.63) is 66.2 Å². The maximum absolute atomic E-state index is 13.2. The molecule has 2 amide bonds. The van der Waals surface area contributed by atoms with Gasteiger partial charge in [0.15, 0.2) is 0 Å². The lowest BCUT2D eigenvalue weighted by atomic mass is 10.1. The molecule has 11 heteroatoms. The van der Waals surface area contributed by atoms with Gasteiger partial charge >= 0.3 is 6.18 Å². The van der Waals surface area contributed by atoms with Gasteiger partial charge in [0.25, 0.3) is 5.91 Å². The van der Waals surface area contributed by atoms with Gasteiger partial charge in [0.1, 0.15) is 12.7 Å². The molecule has 0 spiro atoms. The summed E-state index contributed by atoms with van der Waals surface area (Å²) in [4.78, 5) is 28.7. The number of aromatic nitrogens is 3. The average molecular weight is 446 g/mol. The summed E-state index contributed by atoms with van der Waals surface area (Å²) in [7, 11) is 0. The Labute approximate surface area is 181 Å². The number of amides is 2. The van der Waals surface area contributed by atoms with Crippen LogP contribution in [0, 0.1) is 0 Å². The third kappa shape index (κ3) is 5.62. The van der Waals surface area contributed by atoms with Crippen molar-refractivity contribution in [1.29, 1.82) is 0 Å². The van der Waals surface area contributed by atoms with Gasteiger partial charge in [-0.1, -0.05) is 12.1 Å². The van der Waals surface area contributed by atoms with Gasteiger partial charge < -0.3 is 16.0 Å². The second kappa shape index (κ2) is 9.50. The number of benzene rings is 2. The molecule has 0 aliphatic heterocycles. The monoisotopic (exact) mass is 446 g/mol. The molecule has 168 valence electrons. The number of carbonyl (C=O) groups excluding carboxylic acids is 2. The molecule has 0 unspecified atom stereocenters. The molecule has 0 aliphatic carbocycles. The van der Waals surface area contributed by atoms with Crippen molar-refractivity contribution in [2.75, 3.05) is 17.2 Å². The SMILES string of the molecule is CC(C)NC(=O)c1ccccc1NCC(=O)Nc1cc(C(F)(F)F)ccc1-n1cncn1. The third-order valence-corrected chi connectivity index (χ3v) is 4.29. The molecule has 1 heterocycles. The maximum atomic E-state index is 13.2. The van der Waals surface area contributed by atoms with Crippen LogP contribution in [0.3, 0.4) is 0 Å². The van der Waals surface area contributed by atoms with Crippen LogP contribution in [0.4, 0.5) is 24.5 Å². The maximum Gasteiger partial charge on any atom is 0.416 e. The van der Waals surface area contributed by atoms with Crippen LogP contribution in [0.5, 0.6) is 0 Å². The van der Waals surface area contributed by atoms with Gasteiger partial charge in [-0.05, 0) is 44.2 Å². The fourth-order valence-corrected chi connectivity index (χ4v) is 2.89. The number of nitrogens with zero attached hydrogens (tertiary/aromatic N) is 3. The minimum Gasteiger partial charge on any atom is -0.376 e. The van der Waals surface area contributed by atoms with E-state index in [4.69, 9.17) is 0 Å². The van der Waals surface area contributed by atoms with E-state index in [-0.39, 0.29) is 29.9 Å². The topological polar surface area (TPSA) is 101 Å². The van der Waals surface area contributed by atoms with Crippen LogP contribution < -0.4 is 16.0 Å². The Kier molecular flexibility index (Phi) is 6.76. The van der Waals surface area contributed by atoms with Crippen molar-refractivity contribution in [1.82, 2.24) is 20.1 Å². The van der Waals surface area contributed by atoms with E-state index in [1.54, 1.807) is 24.3 Å². The van der Waals surface area contributed by atoms with Crippen LogP contribution in [-0.4, -0.2) is 39.2 Å². The molecule has 0 aliphatic rings. The lowest BCUT2D eigenvalue weighted by Gasteiger charge is -2.16. The highest BCUT2D eigenvalue weighted by molar-refractivity contribution is 6.01. The fourth-order valence-electron chi connectivity index (χ4n) is 2.89. The lowest BCUT2D eigenvalue weighted by molar-refractivity contribution is -0.137. The number of alkyl halides is 3. The first-order valence-corrected chi connectivity index (χ1v) is 9.65. The summed E-state index contributed by atoms with van der Waals surface area (Å²) >= 11 is 0. The molecule has 0 saturated carbocycles. The number of hydrogen-bond donors (Lipinski definition) is 3. The quantitative estimate of drug-likeness (QED) is 0.516. The lowest BCUT2D eigenvalue weighted by Crippen LogP contribution is -2.31. The third-order valence-electron chi connectivity index (χ3n) is 4.29. The summed E-state index contributed by atoms with van der Waals surface area (Å²) in [5.74, 6) is -0.917. The second-order valence-corrected chi connectivity index (χ2v) is 7.15. The largest absolute Gasteiger partial charge is 0.416 e. The number of nitrogens with one attached hydrogen (secondary N) is 3. The molecule has 0 saturated heterocycles. The van der Waals surface area contributed by atoms with Gasteiger partial charge in [-0.15, -0.1) is 0 Å². The number of para-hydroxylation sites is 1. The van der Waals surface area contributed by atoms with E-state index in [2.05, 4.69) is 26.0 Å². The van der Waals surface area contributed by atoms with Crippen LogP contribution >= 0.6 is 0 Å². The summed E-state index contributed by atoms with van der Waals surface area (Å²) in [6.45, 7) is 3.37. The van der Waals surface area contributed by atoms with Crippen LogP contribution in [-0.2, 0) is 11.0 Å². The molecule has 32 heavy (non-hydrogen) atoms. The zero-order chi connectivity index (χ0) is 23.3. The number of hydrogen-bond acceptors (Lipinski definition) is 5. The molecule has 0 fully saturated rings. The molecule has 0 bridgehead atoms. The van der Waals surface area contributed by atoms with E-state index < -0.39 is 17.6 Å². The summed E-state index contributed by atoms with van der Waals surface area (Å²) in [6.07, 6.45) is -2.05. The summed E-state index contributed by atoms with van der Waals surface area (Å²) in [6, 6.07) is 9.48. The number of halogens is 3. The van der Waals surface area contributed by atoms with Gasteiger partial charge in [0.2, 0.25) is 5.91 Å². The van der Waals surface area contributed by atoms with Crippen molar-refractivity contribution >= 4 is 23.2 Å². The van der Waals surface area contributed by atoms with E-state index in [0.717, 1.165) is 12.1 Å². The normalized spacial score (nSPS) is 11.3. The first-order chi connectivity index (χ1) is 15.1. The van der Waals surface area contributed by atoms with Gasteiger partial charge in [-0.3, -0.25) is 9.59 Å². The highest BCUT2D eigenvalue weighted by atomic mass is 19.4. The van der Waals surface area contributed by atoms with Crippen molar-refractivity contribution in [2.24, 2.45) is 0 Å². The number of rotatable bonds is 7. The Hall–Kier alpha value is -3.89. The van der Waals surface area contributed by atoms with Gasteiger partial charge in [0.05, 0.1) is 29.0 Å². The second-order valence-electron chi connectivity index (χ2n) is 7.15. The van der Waals surface area contributed by atoms with Gasteiger partial charge in [-0.25, -0.2) is 9.67 Å². The summed E-state index contributed by atoms with van der Waals surface area (Å²) in [5, 5.41) is 12.0. The fraction of sp³-hybridized carbons (Fsp3) is 0.238. The number of anilines is 2. The molecule has 3 aromatic rings. The standard InChI is InChI=1S/C21H21F3N6O2/c1-13(2)28-20(32)15-5-3-4-6-16(15)26-10-19(31)29-17-9-14(21(22,23)24)7-8-18(17)30-12-25-11-27-30/h3-9,11-13,26H,10H2,1-2H3,(H,28,32)(H,29,31).